The van der Waals surface area contributed by atoms with Crippen LogP contribution in [0.1, 0.15) is 155 Å². The third-order valence-corrected chi connectivity index (χ3v) is 11.0. The maximum absolute atomic E-state index is 3.54. The fourth-order valence-electron chi connectivity index (χ4n) is 6.71. The fraction of sp³-hybridized carbons (Fsp3) is 1.00. The van der Waals surface area contributed by atoms with E-state index < -0.39 is 0 Å². The molecular weight excluding hydrogens is 608 g/mol. The molecule has 1 aliphatic rings. The zero-order chi connectivity index (χ0) is 28.4. The lowest BCUT2D eigenvalue weighted by atomic mass is 9.87. The van der Waals surface area contributed by atoms with Gasteiger partial charge in [-0.25, -0.2) is 0 Å². The van der Waals surface area contributed by atoms with E-state index in [0.717, 1.165) is 11.8 Å². The van der Waals surface area contributed by atoms with Crippen molar-refractivity contribution in [2.45, 2.75) is 155 Å². The molecule has 0 bridgehead atoms. The highest BCUT2D eigenvalue weighted by molar-refractivity contribution is 9.09. The molecule has 1 atom stereocenters. The van der Waals surface area contributed by atoms with Crippen LogP contribution in [0.2, 0.25) is 0 Å². The Balaban J connectivity index is 2.01. The molecule has 0 radical (unpaired) electrons. The van der Waals surface area contributed by atoms with Gasteiger partial charge in [-0.05, 0) is 83.3 Å². The Morgan fingerprint density at radius 3 is 1.64 bits per heavy atom. The highest BCUT2D eigenvalue weighted by Gasteiger charge is 2.29. The number of rotatable bonds is 28. The first-order chi connectivity index (χ1) is 19.0. The molecule has 1 unspecified atom stereocenters. The van der Waals surface area contributed by atoms with Gasteiger partial charge in [-0.15, -0.1) is 0 Å². The lowest BCUT2D eigenvalue weighted by molar-refractivity contribution is -0.915. The number of likely N-dealkylation sites (tertiary alicyclic amines) is 1. The van der Waals surface area contributed by atoms with E-state index >= 15 is 0 Å². The van der Waals surface area contributed by atoms with Gasteiger partial charge in [0, 0.05) is 10.7 Å². The van der Waals surface area contributed by atoms with E-state index in [0.29, 0.717) is 0 Å². The number of nitrogens with zero attached hydrogens (tertiary/aromatic N) is 2. The molecule has 0 amide bonds. The van der Waals surface area contributed by atoms with E-state index in [2.05, 4.69) is 57.8 Å². The van der Waals surface area contributed by atoms with Crippen LogP contribution in [0.25, 0.3) is 0 Å². The summed E-state index contributed by atoms with van der Waals surface area (Å²) in [5.41, 5.74) is 0. The van der Waals surface area contributed by atoms with Gasteiger partial charge < -0.3 is 9.38 Å². The van der Waals surface area contributed by atoms with E-state index in [9.17, 15) is 0 Å². The molecule has 0 aromatic heterocycles. The van der Waals surface area contributed by atoms with Crippen LogP contribution < -0.4 is 0 Å². The first kappa shape index (κ1) is 37.9. The Bertz CT molecular complexity index is 502. The molecule has 39 heavy (non-hydrogen) atoms. The molecule has 234 valence electrons. The van der Waals surface area contributed by atoms with Crippen molar-refractivity contribution in [3.63, 3.8) is 0 Å². The van der Waals surface area contributed by atoms with E-state index in [4.69, 9.17) is 0 Å². The maximum Gasteiger partial charge on any atom is 0.0787 e. The van der Waals surface area contributed by atoms with Gasteiger partial charge in [0.15, 0.2) is 0 Å². The molecule has 0 aromatic rings. The standard InChI is InChI=1S/C35H71Br2N2/c1-4-34(24-30-38(2)29-19-15-11-7-5-9-13-17-27-36)22-21-23-35-25-32-39(3,33-26-35)31-20-16-12-8-6-10-14-18-28-37/h34-35H,4-33H2,1-3H3/q+1. The number of unbranched alkanes of at least 4 members (excludes halogenated alkanes) is 14. The minimum atomic E-state index is 0.945. The van der Waals surface area contributed by atoms with Gasteiger partial charge in [0.2, 0.25) is 0 Å². The van der Waals surface area contributed by atoms with E-state index in [1.807, 2.05) is 0 Å². The summed E-state index contributed by atoms with van der Waals surface area (Å²) >= 11 is 7.08. The number of halogens is 2. The lowest BCUT2D eigenvalue weighted by Gasteiger charge is -2.41. The minimum absolute atomic E-state index is 0.945. The first-order valence-corrected chi connectivity index (χ1v) is 19.9. The van der Waals surface area contributed by atoms with Crippen molar-refractivity contribution in [3.8, 4) is 0 Å². The third-order valence-electron chi connectivity index (χ3n) is 9.88. The van der Waals surface area contributed by atoms with Crippen molar-refractivity contribution < 1.29 is 4.48 Å². The monoisotopic (exact) mass is 677 g/mol. The lowest BCUT2D eigenvalue weighted by Crippen LogP contribution is -2.50. The summed E-state index contributed by atoms with van der Waals surface area (Å²) in [6, 6.07) is 0. The highest BCUT2D eigenvalue weighted by atomic mass is 79.9. The second-order valence-electron chi connectivity index (χ2n) is 13.6. The largest absolute Gasteiger partial charge is 0.326 e. The van der Waals surface area contributed by atoms with Crippen LogP contribution in [-0.2, 0) is 0 Å². The Labute approximate surface area is 264 Å². The summed E-state index contributed by atoms with van der Waals surface area (Å²) in [6.07, 6.45) is 33.0. The number of piperidine rings is 1. The van der Waals surface area contributed by atoms with Crippen molar-refractivity contribution in [2.24, 2.45) is 11.8 Å². The zero-order valence-corrected chi connectivity index (χ0v) is 30.2. The van der Waals surface area contributed by atoms with Crippen molar-refractivity contribution in [2.75, 3.05) is 57.5 Å². The molecule has 0 saturated carbocycles. The predicted molar refractivity (Wildman–Crippen MR) is 185 cm³/mol. The summed E-state index contributed by atoms with van der Waals surface area (Å²) in [7, 11) is 4.91. The van der Waals surface area contributed by atoms with Gasteiger partial charge >= 0.3 is 0 Å². The molecule has 1 heterocycles. The van der Waals surface area contributed by atoms with Crippen molar-refractivity contribution in [3.05, 3.63) is 0 Å². The Kier molecular flexibility index (Phi) is 25.8. The number of quaternary nitrogens is 1. The second-order valence-corrected chi connectivity index (χ2v) is 15.2. The number of hydrogen-bond donors (Lipinski definition) is 0. The van der Waals surface area contributed by atoms with Gasteiger partial charge in [-0.3, -0.25) is 0 Å². The second kappa shape index (κ2) is 26.5. The molecule has 1 aliphatic heterocycles. The average Bonchev–Trinajstić information content (AvgIpc) is 2.94. The summed E-state index contributed by atoms with van der Waals surface area (Å²) in [5, 5.41) is 2.36. The summed E-state index contributed by atoms with van der Waals surface area (Å²) in [5.74, 6) is 1.96. The van der Waals surface area contributed by atoms with Crippen molar-refractivity contribution in [1.29, 1.82) is 0 Å². The first-order valence-electron chi connectivity index (χ1n) is 17.7. The van der Waals surface area contributed by atoms with Gasteiger partial charge in [-0.2, -0.15) is 0 Å². The molecule has 0 spiro atoms. The quantitative estimate of drug-likeness (QED) is 0.0452. The predicted octanol–water partition coefficient (Wildman–Crippen LogP) is 11.4. The topological polar surface area (TPSA) is 3.24 Å². The molecule has 0 N–H and O–H groups in total. The number of alkyl halides is 2. The summed E-state index contributed by atoms with van der Waals surface area (Å²) < 4.78 is 1.36. The maximum atomic E-state index is 3.54. The highest BCUT2D eigenvalue weighted by Crippen LogP contribution is 2.28. The van der Waals surface area contributed by atoms with Crippen LogP contribution in [0, 0.1) is 11.8 Å². The molecule has 0 aromatic carbocycles. The third kappa shape index (κ3) is 22.1. The fourth-order valence-corrected chi connectivity index (χ4v) is 7.50. The Morgan fingerprint density at radius 2 is 1.13 bits per heavy atom. The Morgan fingerprint density at radius 1 is 0.641 bits per heavy atom. The normalized spacial score (nSPS) is 20.6. The van der Waals surface area contributed by atoms with Crippen LogP contribution in [-0.4, -0.2) is 66.9 Å². The summed E-state index contributed by atoms with van der Waals surface area (Å²) in [4.78, 5) is 2.62. The smallest absolute Gasteiger partial charge is 0.0787 e. The Hall–Kier alpha value is 0.880. The zero-order valence-electron chi connectivity index (χ0n) is 27.0. The van der Waals surface area contributed by atoms with E-state index in [-0.39, 0.29) is 0 Å². The molecule has 4 heteroatoms. The van der Waals surface area contributed by atoms with Crippen LogP contribution in [0.3, 0.4) is 0 Å². The molecule has 1 rings (SSSR count). The minimum Gasteiger partial charge on any atom is -0.326 e. The van der Waals surface area contributed by atoms with Gasteiger partial charge in [0.1, 0.15) is 0 Å². The van der Waals surface area contributed by atoms with Crippen molar-refractivity contribution in [1.82, 2.24) is 4.90 Å². The number of hydrogen-bond acceptors (Lipinski definition) is 1. The van der Waals surface area contributed by atoms with Crippen LogP contribution in [0.5, 0.6) is 0 Å². The van der Waals surface area contributed by atoms with Crippen LogP contribution >= 0.6 is 31.9 Å². The van der Waals surface area contributed by atoms with Crippen LogP contribution in [0.15, 0.2) is 0 Å². The van der Waals surface area contributed by atoms with Gasteiger partial charge in [0.25, 0.3) is 0 Å². The van der Waals surface area contributed by atoms with Crippen molar-refractivity contribution >= 4 is 31.9 Å². The average molecular weight is 680 g/mol. The van der Waals surface area contributed by atoms with Gasteiger partial charge in [0.05, 0.1) is 26.7 Å². The molecule has 1 fully saturated rings. The SMILES string of the molecule is CCC(CCCC1CC[N+](C)(CCCCCCCCCCBr)CC1)CCN(C)CCCCCCCCCCBr. The molecule has 1 saturated heterocycles. The molecule has 0 aliphatic carbocycles. The van der Waals surface area contributed by atoms with Gasteiger partial charge in [-0.1, -0.05) is 135 Å². The summed E-state index contributed by atoms with van der Waals surface area (Å²) in [6.45, 7) is 9.35. The van der Waals surface area contributed by atoms with Crippen LogP contribution in [0.4, 0.5) is 0 Å². The van der Waals surface area contributed by atoms with E-state index in [1.54, 1.807) is 0 Å². The molecular formula is C35H71Br2N2+. The molecule has 2 nitrogen and oxygen atoms in total. The van der Waals surface area contributed by atoms with E-state index in [1.165, 1.54) is 196 Å².